The maximum atomic E-state index is 12.2. The molecule has 0 aliphatic heterocycles. The lowest BCUT2D eigenvalue weighted by molar-refractivity contribution is -0.118. The first-order valence-corrected chi connectivity index (χ1v) is 7.06. The van der Waals surface area contributed by atoms with Crippen molar-refractivity contribution in [3.63, 3.8) is 0 Å². The molecule has 0 saturated carbocycles. The summed E-state index contributed by atoms with van der Waals surface area (Å²) >= 11 is 0.881. The zero-order valence-electron chi connectivity index (χ0n) is 12.0. The number of anilines is 1. The summed E-state index contributed by atoms with van der Waals surface area (Å²) < 4.78 is 3.91. The fraction of sp³-hybridized carbons (Fsp3) is 0.500. The van der Waals surface area contributed by atoms with Crippen molar-refractivity contribution in [1.82, 2.24) is 9.69 Å². The second kappa shape index (κ2) is 7.02. The lowest BCUT2D eigenvalue weighted by atomic mass is 10.0. The summed E-state index contributed by atoms with van der Waals surface area (Å²) in [6, 6.07) is -1.64. The molecule has 0 radical (unpaired) electrons. The minimum Gasteiger partial charge on any atom is -0.478 e. The largest absolute Gasteiger partial charge is 0.478 e. The van der Waals surface area contributed by atoms with Crippen LogP contribution in [0.4, 0.5) is 9.80 Å². The maximum Gasteiger partial charge on any atom is 0.340 e. The number of carbonyl (C=O) groups is 3. The first-order chi connectivity index (χ1) is 9.72. The molecule has 1 unspecified atom stereocenters. The van der Waals surface area contributed by atoms with Crippen molar-refractivity contribution in [2.24, 2.45) is 11.7 Å². The number of nitrogens with two attached hydrogens (primary N) is 1. The number of aromatic nitrogens is 1. The Hall–Kier alpha value is -2.16. The van der Waals surface area contributed by atoms with E-state index in [-0.39, 0.29) is 16.5 Å². The van der Waals surface area contributed by atoms with Crippen molar-refractivity contribution >= 4 is 34.4 Å². The van der Waals surface area contributed by atoms with E-state index in [0.29, 0.717) is 12.1 Å². The summed E-state index contributed by atoms with van der Waals surface area (Å²) in [4.78, 5) is 34.3. The number of rotatable bonds is 6. The molecule has 5 N–H and O–H groups in total. The molecule has 21 heavy (non-hydrogen) atoms. The van der Waals surface area contributed by atoms with Crippen molar-refractivity contribution < 1.29 is 19.5 Å². The summed E-state index contributed by atoms with van der Waals surface area (Å²) in [5.74, 6) is -1.54. The molecule has 0 spiro atoms. The van der Waals surface area contributed by atoms with Gasteiger partial charge in [0.1, 0.15) is 16.6 Å². The van der Waals surface area contributed by atoms with Gasteiger partial charge in [0.05, 0.1) is 5.69 Å². The third-order valence-corrected chi connectivity index (χ3v) is 3.51. The molecule has 0 aliphatic rings. The van der Waals surface area contributed by atoms with E-state index in [2.05, 4.69) is 15.0 Å². The second-order valence-corrected chi connectivity index (χ2v) is 5.73. The maximum absolute atomic E-state index is 12.2. The molecule has 3 amide bonds. The van der Waals surface area contributed by atoms with Gasteiger partial charge in [-0.25, -0.2) is 9.59 Å². The number of hydrogen-bond donors (Lipinski definition) is 4. The van der Waals surface area contributed by atoms with Gasteiger partial charge in [0.15, 0.2) is 0 Å². The highest BCUT2D eigenvalue weighted by Crippen LogP contribution is 2.24. The number of carboxylic acid groups (broad SMARTS) is 1. The van der Waals surface area contributed by atoms with E-state index >= 15 is 0 Å². The summed E-state index contributed by atoms with van der Waals surface area (Å²) in [7, 11) is 0. The van der Waals surface area contributed by atoms with Crippen LogP contribution < -0.4 is 16.4 Å². The normalized spacial score (nSPS) is 12.0. The average Bonchev–Trinajstić information content (AvgIpc) is 2.68. The highest BCUT2D eigenvalue weighted by atomic mass is 32.1. The van der Waals surface area contributed by atoms with Gasteiger partial charge >= 0.3 is 12.0 Å². The molecule has 0 aliphatic carbocycles. The van der Waals surface area contributed by atoms with Gasteiger partial charge in [-0.2, -0.15) is 4.37 Å². The number of primary amides is 1. The quantitative estimate of drug-likeness (QED) is 0.625. The lowest BCUT2D eigenvalue weighted by Crippen LogP contribution is -2.46. The van der Waals surface area contributed by atoms with Crippen molar-refractivity contribution in [2.75, 3.05) is 5.32 Å². The van der Waals surface area contributed by atoms with Crippen LogP contribution in [-0.2, 0) is 4.79 Å². The number of aromatic carboxylic acids is 1. The molecule has 1 heterocycles. The van der Waals surface area contributed by atoms with E-state index < -0.39 is 23.9 Å². The molecule has 0 aromatic carbocycles. The summed E-state index contributed by atoms with van der Waals surface area (Å²) in [5, 5.41) is 14.1. The molecule has 1 aromatic rings. The van der Waals surface area contributed by atoms with Crippen LogP contribution in [0.3, 0.4) is 0 Å². The fourth-order valence-corrected chi connectivity index (χ4v) is 2.57. The van der Waals surface area contributed by atoms with Crippen LogP contribution in [0.15, 0.2) is 0 Å². The number of nitrogens with zero attached hydrogens (tertiary/aromatic N) is 1. The fourth-order valence-electron chi connectivity index (χ4n) is 1.78. The van der Waals surface area contributed by atoms with Gasteiger partial charge in [-0.15, -0.1) is 0 Å². The summed E-state index contributed by atoms with van der Waals surface area (Å²) in [6.07, 6.45) is 0.384. The zero-order valence-corrected chi connectivity index (χ0v) is 12.8. The summed E-state index contributed by atoms with van der Waals surface area (Å²) in [6.45, 7) is 5.33. The minimum absolute atomic E-state index is 0.0456. The Morgan fingerprint density at radius 1 is 1.38 bits per heavy atom. The monoisotopic (exact) mass is 314 g/mol. The zero-order chi connectivity index (χ0) is 16.2. The van der Waals surface area contributed by atoms with Gasteiger partial charge < -0.3 is 21.5 Å². The molecule has 0 bridgehead atoms. The van der Waals surface area contributed by atoms with E-state index in [9.17, 15) is 14.4 Å². The molecule has 8 nitrogen and oxygen atoms in total. The molecular weight excluding hydrogens is 296 g/mol. The topological polar surface area (TPSA) is 134 Å². The SMILES string of the molecule is Cc1nsc(NC(=O)C(CC(C)C)NC(N)=O)c1C(=O)O. The van der Waals surface area contributed by atoms with Gasteiger partial charge in [-0.1, -0.05) is 13.8 Å². The van der Waals surface area contributed by atoms with Crippen LogP contribution in [0.2, 0.25) is 0 Å². The first kappa shape index (κ1) is 16.9. The van der Waals surface area contributed by atoms with E-state index in [1.807, 2.05) is 13.8 Å². The lowest BCUT2D eigenvalue weighted by Gasteiger charge is -2.18. The number of nitrogens with one attached hydrogen (secondary N) is 2. The highest BCUT2D eigenvalue weighted by molar-refractivity contribution is 7.11. The van der Waals surface area contributed by atoms with Crippen LogP contribution in [-0.4, -0.2) is 33.4 Å². The Morgan fingerprint density at radius 2 is 2.00 bits per heavy atom. The molecule has 0 saturated heterocycles. The third-order valence-electron chi connectivity index (χ3n) is 2.65. The number of urea groups is 1. The van der Waals surface area contributed by atoms with Gasteiger partial charge in [0.2, 0.25) is 5.91 Å². The van der Waals surface area contributed by atoms with Crippen molar-refractivity contribution in [3.8, 4) is 0 Å². The average molecular weight is 314 g/mol. The Morgan fingerprint density at radius 3 is 2.48 bits per heavy atom. The van der Waals surface area contributed by atoms with Gasteiger partial charge in [0, 0.05) is 0 Å². The Balaban J connectivity index is 2.91. The minimum atomic E-state index is -1.17. The van der Waals surface area contributed by atoms with Crippen molar-refractivity contribution in [1.29, 1.82) is 0 Å². The molecule has 1 aromatic heterocycles. The van der Waals surface area contributed by atoms with E-state index in [1.165, 1.54) is 0 Å². The molecule has 9 heteroatoms. The highest BCUT2D eigenvalue weighted by Gasteiger charge is 2.25. The number of carbonyl (C=O) groups excluding carboxylic acids is 2. The summed E-state index contributed by atoms with van der Waals surface area (Å²) in [5.41, 5.74) is 5.33. The number of hydrogen-bond acceptors (Lipinski definition) is 5. The predicted molar refractivity (Wildman–Crippen MR) is 78.4 cm³/mol. The van der Waals surface area contributed by atoms with Crippen molar-refractivity contribution in [2.45, 2.75) is 33.2 Å². The number of carboxylic acids is 1. The Bertz CT molecular complexity index is 555. The number of amides is 3. The van der Waals surface area contributed by atoms with E-state index in [1.54, 1.807) is 6.92 Å². The standard InChI is InChI=1S/C12H18N4O4S/c1-5(2)4-7(14-12(13)20)9(17)15-10-8(11(18)19)6(3)16-21-10/h5,7H,4H2,1-3H3,(H,15,17)(H,18,19)(H3,13,14,20). The van der Waals surface area contributed by atoms with Crippen LogP contribution in [0.5, 0.6) is 0 Å². The van der Waals surface area contributed by atoms with E-state index in [0.717, 1.165) is 11.5 Å². The Labute approximate surface area is 125 Å². The van der Waals surface area contributed by atoms with Crippen LogP contribution in [0.25, 0.3) is 0 Å². The smallest absolute Gasteiger partial charge is 0.340 e. The van der Waals surface area contributed by atoms with E-state index in [4.69, 9.17) is 10.8 Å². The van der Waals surface area contributed by atoms with Gasteiger partial charge in [-0.05, 0) is 30.8 Å². The third kappa shape index (κ3) is 4.71. The molecule has 0 fully saturated rings. The molecule has 1 atom stereocenters. The van der Waals surface area contributed by atoms with Crippen LogP contribution in [0, 0.1) is 12.8 Å². The Kier molecular flexibility index (Phi) is 5.65. The first-order valence-electron chi connectivity index (χ1n) is 6.28. The predicted octanol–water partition coefficient (Wildman–Crippen LogP) is 1.17. The second-order valence-electron chi connectivity index (χ2n) is 4.96. The van der Waals surface area contributed by atoms with Gasteiger partial charge in [0.25, 0.3) is 0 Å². The number of aryl methyl sites for hydroxylation is 1. The molecule has 1 rings (SSSR count). The molecule has 116 valence electrons. The molecular formula is C12H18N4O4S. The van der Waals surface area contributed by atoms with Crippen LogP contribution >= 0.6 is 11.5 Å². The van der Waals surface area contributed by atoms with Gasteiger partial charge in [-0.3, -0.25) is 4.79 Å². The van der Waals surface area contributed by atoms with Crippen LogP contribution in [0.1, 0.15) is 36.3 Å². The van der Waals surface area contributed by atoms with Crippen molar-refractivity contribution in [3.05, 3.63) is 11.3 Å².